The van der Waals surface area contributed by atoms with Gasteiger partial charge in [0.2, 0.25) is 0 Å². The van der Waals surface area contributed by atoms with Crippen molar-refractivity contribution in [2.45, 2.75) is 13.2 Å². The number of hydrogen-bond donors (Lipinski definition) is 3. The van der Waals surface area contributed by atoms with Crippen LogP contribution >= 0.6 is 22.7 Å². The molecule has 2 aliphatic rings. The Morgan fingerprint density at radius 3 is 1.73 bits per heavy atom. The normalized spacial score (nSPS) is 11.9. The van der Waals surface area contributed by atoms with Crippen LogP contribution in [0.3, 0.4) is 0 Å². The predicted octanol–water partition coefficient (Wildman–Crippen LogP) is 5.37. The van der Waals surface area contributed by atoms with E-state index in [9.17, 15) is 29.9 Å². The fraction of sp³-hybridized carbons (Fsp3) is 0.118. The number of nitriles is 1. The van der Waals surface area contributed by atoms with Crippen LogP contribution in [0.5, 0.6) is 23.0 Å². The topological polar surface area (TPSA) is 214 Å². The molecule has 2 aromatic carbocycles. The van der Waals surface area contributed by atoms with Gasteiger partial charge in [-0.3, -0.25) is 4.79 Å². The van der Waals surface area contributed by atoms with E-state index in [2.05, 4.69) is 16.3 Å². The van der Waals surface area contributed by atoms with Gasteiger partial charge in [-0.25, -0.2) is 19.0 Å². The molecule has 2 aliphatic heterocycles. The number of fused-ring (bicyclic) bond motifs is 6. The molecule has 0 atom stereocenters. The lowest BCUT2D eigenvalue weighted by Gasteiger charge is -2.21. The van der Waals surface area contributed by atoms with Crippen LogP contribution < -0.4 is 24.7 Å². The van der Waals surface area contributed by atoms with Gasteiger partial charge in [0.15, 0.2) is 11.4 Å². The van der Waals surface area contributed by atoms with Gasteiger partial charge in [0.25, 0.3) is 5.91 Å². The van der Waals surface area contributed by atoms with Crippen LogP contribution in [0.15, 0.2) is 57.9 Å². The van der Waals surface area contributed by atoms with E-state index < -0.39 is 17.8 Å². The third kappa shape index (κ3) is 5.57. The minimum atomic E-state index is -1.15. The minimum Gasteiger partial charge on any atom is -0.496 e. The quantitative estimate of drug-likeness (QED) is 0.190. The van der Waals surface area contributed by atoms with Crippen LogP contribution in [-0.4, -0.2) is 61.8 Å². The molecule has 0 fully saturated rings. The van der Waals surface area contributed by atoms with Crippen LogP contribution in [0.1, 0.15) is 48.0 Å². The standard InChI is InChI=1S/C17H13N3O5S.C17H11N3O4S/c1-24-12-5-13-9(4-10(12)16(18)21)15-11(6-25-13)14(17(22)23)19-20(15)8-2-3-26-7-8;1-23-13-5-14-11(4-9(13)6-18)16-12(7-24-14)15(17(21)22)19-20(16)10-2-3-25-8-10/h2-5,7H,6H2,1H3,(H2,18,21)(H,22,23);2-5,8H,7H2,1H3,(H,21,22). The monoisotopic (exact) mass is 724 g/mol. The Labute approximate surface area is 295 Å². The van der Waals surface area contributed by atoms with E-state index in [1.807, 2.05) is 33.7 Å². The summed E-state index contributed by atoms with van der Waals surface area (Å²) in [5.41, 5.74) is 10.6. The first-order chi connectivity index (χ1) is 24.6. The molecule has 0 unspecified atom stereocenters. The average molecular weight is 725 g/mol. The molecule has 6 aromatic rings. The SMILES string of the molecule is COc1cc2c(cc1C#N)-c1c(c(C(=O)O)nn1-c1ccsc1)CO2.COc1cc2c(cc1C(N)=O)-c1c(c(C(=O)O)nn1-c1ccsc1)CO2. The Bertz CT molecular complexity index is 2410. The number of hydrogen-bond acceptors (Lipinski definition) is 12. The Morgan fingerprint density at radius 2 is 1.31 bits per heavy atom. The van der Waals surface area contributed by atoms with E-state index in [1.165, 1.54) is 36.9 Å². The fourth-order valence-corrected chi connectivity index (χ4v) is 7.08. The molecular weight excluding hydrogens is 701 g/mol. The molecule has 17 heteroatoms. The zero-order valence-corrected chi connectivity index (χ0v) is 28.2. The zero-order valence-electron chi connectivity index (χ0n) is 26.6. The molecular formula is C34H24N6O9S2. The summed E-state index contributed by atoms with van der Waals surface area (Å²) in [6.07, 6.45) is 0. The molecule has 256 valence electrons. The van der Waals surface area contributed by atoms with Gasteiger partial charge >= 0.3 is 11.9 Å². The van der Waals surface area contributed by atoms with Gasteiger partial charge in [0.05, 0.1) is 59.2 Å². The van der Waals surface area contributed by atoms with Crippen molar-refractivity contribution in [1.29, 1.82) is 5.26 Å². The van der Waals surface area contributed by atoms with Gasteiger partial charge in [0.1, 0.15) is 42.3 Å². The van der Waals surface area contributed by atoms with Crippen molar-refractivity contribution in [2.75, 3.05) is 14.2 Å². The Kier molecular flexibility index (Phi) is 8.38. The second kappa shape index (κ2) is 13.0. The van der Waals surface area contributed by atoms with Crippen molar-refractivity contribution in [3.8, 4) is 63.0 Å². The van der Waals surface area contributed by atoms with E-state index in [1.54, 1.807) is 33.6 Å². The number of amides is 1. The molecule has 6 heterocycles. The number of methoxy groups -OCH3 is 2. The van der Waals surface area contributed by atoms with E-state index in [-0.39, 0.29) is 30.2 Å². The molecule has 15 nitrogen and oxygen atoms in total. The highest BCUT2D eigenvalue weighted by atomic mass is 32.1. The summed E-state index contributed by atoms with van der Waals surface area (Å²) in [5, 5.41) is 44.3. The predicted molar refractivity (Wildman–Crippen MR) is 183 cm³/mol. The van der Waals surface area contributed by atoms with Crippen molar-refractivity contribution in [1.82, 2.24) is 19.6 Å². The molecule has 0 aliphatic carbocycles. The third-order valence-corrected chi connectivity index (χ3v) is 9.46. The number of thiophene rings is 2. The molecule has 0 saturated heterocycles. The number of nitrogens with two attached hydrogens (primary N) is 1. The lowest BCUT2D eigenvalue weighted by atomic mass is 9.99. The van der Waals surface area contributed by atoms with E-state index in [0.29, 0.717) is 62.2 Å². The lowest BCUT2D eigenvalue weighted by Crippen LogP contribution is -2.15. The number of aromatic nitrogens is 4. The zero-order chi connectivity index (χ0) is 36.0. The molecule has 0 saturated carbocycles. The Balaban J connectivity index is 0.000000159. The number of nitrogens with zero attached hydrogens (tertiary/aromatic N) is 5. The number of benzene rings is 2. The van der Waals surface area contributed by atoms with Crippen molar-refractivity contribution in [2.24, 2.45) is 5.73 Å². The maximum Gasteiger partial charge on any atom is 0.356 e. The van der Waals surface area contributed by atoms with Gasteiger partial charge in [-0.2, -0.15) is 38.1 Å². The number of aromatic carboxylic acids is 2. The second-order valence-corrected chi connectivity index (χ2v) is 12.5. The molecule has 1 amide bonds. The highest BCUT2D eigenvalue weighted by Crippen LogP contribution is 2.45. The number of carbonyl (C=O) groups is 3. The van der Waals surface area contributed by atoms with E-state index >= 15 is 0 Å². The van der Waals surface area contributed by atoms with Gasteiger partial charge in [-0.1, -0.05) is 0 Å². The maximum atomic E-state index is 11.8. The summed E-state index contributed by atoms with van der Waals surface area (Å²) in [5.74, 6) is -1.23. The highest BCUT2D eigenvalue weighted by Gasteiger charge is 2.33. The number of carboxylic acid groups (broad SMARTS) is 2. The van der Waals surface area contributed by atoms with Crippen molar-refractivity contribution >= 4 is 40.5 Å². The van der Waals surface area contributed by atoms with Crippen LogP contribution in [0.25, 0.3) is 33.9 Å². The third-order valence-electron chi connectivity index (χ3n) is 8.12. The van der Waals surface area contributed by atoms with Crippen LogP contribution in [0.2, 0.25) is 0 Å². The number of carboxylic acids is 2. The summed E-state index contributed by atoms with van der Waals surface area (Å²) in [4.78, 5) is 35.0. The minimum absolute atomic E-state index is 0.0488. The van der Waals surface area contributed by atoms with Crippen molar-refractivity contribution < 1.29 is 43.5 Å². The Hall–Kier alpha value is -6.64. The molecule has 0 bridgehead atoms. The first-order valence-electron chi connectivity index (χ1n) is 14.8. The Morgan fingerprint density at radius 1 is 0.824 bits per heavy atom. The maximum absolute atomic E-state index is 11.8. The summed E-state index contributed by atoms with van der Waals surface area (Å²) in [7, 11) is 2.91. The average Bonchev–Trinajstić information content (AvgIpc) is 3.96. The van der Waals surface area contributed by atoms with Crippen molar-refractivity contribution in [3.63, 3.8) is 0 Å². The van der Waals surface area contributed by atoms with Gasteiger partial charge in [-0.05, 0) is 35.0 Å². The molecule has 0 spiro atoms. The lowest BCUT2D eigenvalue weighted by molar-refractivity contribution is 0.0676. The number of rotatable bonds is 7. The summed E-state index contributed by atoms with van der Waals surface area (Å²) in [6.45, 7) is 0.135. The smallest absolute Gasteiger partial charge is 0.356 e. The molecule has 51 heavy (non-hydrogen) atoms. The fourth-order valence-electron chi connectivity index (χ4n) is 5.85. The first-order valence-corrected chi connectivity index (χ1v) is 16.7. The number of carbonyl (C=O) groups excluding carboxylic acids is 1. The molecule has 8 rings (SSSR count). The van der Waals surface area contributed by atoms with Crippen LogP contribution in [0.4, 0.5) is 0 Å². The van der Waals surface area contributed by atoms with Crippen LogP contribution in [0, 0.1) is 11.3 Å². The second-order valence-electron chi connectivity index (χ2n) is 10.9. The molecule has 4 aromatic heterocycles. The van der Waals surface area contributed by atoms with Gasteiger partial charge in [-0.15, -0.1) is 0 Å². The number of primary amides is 1. The van der Waals surface area contributed by atoms with E-state index in [0.717, 1.165) is 11.4 Å². The van der Waals surface area contributed by atoms with E-state index in [4.69, 9.17) is 24.7 Å². The van der Waals surface area contributed by atoms with Gasteiger partial charge in [0, 0.05) is 34.0 Å². The summed E-state index contributed by atoms with van der Waals surface area (Å²) in [6, 6.07) is 12.2. The molecule has 4 N–H and O–H groups in total. The number of ether oxygens (including phenoxy) is 4. The largest absolute Gasteiger partial charge is 0.496 e. The van der Waals surface area contributed by atoms with Crippen LogP contribution in [-0.2, 0) is 13.2 Å². The summed E-state index contributed by atoms with van der Waals surface area (Å²) < 4.78 is 25.0. The molecule has 0 radical (unpaired) electrons. The summed E-state index contributed by atoms with van der Waals surface area (Å²) >= 11 is 2.95. The first kappa shape index (κ1) is 32.9. The highest BCUT2D eigenvalue weighted by molar-refractivity contribution is 7.08. The van der Waals surface area contributed by atoms with Gasteiger partial charge < -0.3 is 34.9 Å². The van der Waals surface area contributed by atoms with Crippen molar-refractivity contribution in [3.05, 3.63) is 91.6 Å².